The summed E-state index contributed by atoms with van der Waals surface area (Å²) in [5, 5.41) is 0. The van der Waals surface area contributed by atoms with Gasteiger partial charge in [-0.3, -0.25) is 0 Å². The monoisotopic (exact) mass is 139 g/mol. The molecule has 0 aliphatic heterocycles. The fourth-order valence-corrected chi connectivity index (χ4v) is 1.37. The highest BCUT2D eigenvalue weighted by atomic mass is 15.1. The van der Waals surface area contributed by atoms with Crippen molar-refractivity contribution in [3.8, 4) is 0 Å². The fraction of sp³-hybridized carbons (Fsp3) is 0.778. The highest BCUT2D eigenvalue weighted by Gasteiger charge is 2.05. The van der Waals surface area contributed by atoms with E-state index in [0.29, 0.717) is 0 Å². The van der Waals surface area contributed by atoms with Crippen LogP contribution < -0.4 is 0 Å². The molecule has 0 N–H and O–H groups in total. The summed E-state index contributed by atoms with van der Waals surface area (Å²) >= 11 is 0. The van der Waals surface area contributed by atoms with Crippen molar-refractivity contribution in [2.75, 3.05) is 13.6 Å². The van der Waals surface area contributed by atoms with Crippen molar-refractivity contribution >= 4 is 0 Å². The summed E-state index contributed by atoms with van der Waals surface area (Å²) in [5.74, 6) is 0. The normalized spacial score (nSPS) is 18.4. The van der Waals surface area contributed by atoms with Gasteiger partial charge in [-0.2, -0.15) is 0 Å². The van der Waals surface area contributed by atoms with E-state index in [1.165, 1.54) is 25.7 Å². The zero-order valence-corrected chi connectivity index (χ0v) is 7.06. The van der Waals surface area contributed by atoms with Gasteiger partial charge in [0.05, 0.1) is 0 Å². The van der Waals surface area contributed by atoms with Gasteiger partial charge in [-0.1, -0.05) is 6.08 Å². The Labute approximate surface area is 63.7 Å². The minimum atomic E-state index is 1.14. The fourth-order valence-electron chi connectivity index (χ4n) is 1.37. The van der Waals surface area contributed by atoms with E-state index >= 15 is 0 Å². The smallest absolute Gasteiger partial charge is 0.0143 e. The van der Waals surface area contributed by atoms with E-state index in [1.807, 2.05) is 0 Å². The van der Waals surface area contributed by atoms with Gasteiger partial charge in [0.1, 0.15) is 0 Å². The predicted octanol–water partition coefficient (Wildman–Crippen LogP) is 2.40. The Morgan fingerprint density at radius 3 is 2.80 bits per heavy atom. The third kappa shape index (κ3) is 1.76. The van der Waals surface area contributed by atoms with Crippen LogP contribution in [0.3, 0.4) is 0 Å². The molecule has 0 aromatic heterocycles. The summed E-state index contributed by atoms with van der Waals surface area (Å²) in [6.45, 7) is 3.35. The van der Waals surface area contributed by atoms with E-state index < -0.39 is 0 Å². The van der Waals surface area contributed by atoms with Crippen LogP contribution in [-0.4, -0.2) is 18.5 Å². The molecule has 0 unspecified atom stereocenters. The molecule has 0 bridgehead atoms. The molecule has 1 aliphatic rings. The Morgan fingerprint density at radius 2 is 2.30 bits per heavy atom. The molecule has 0 aromatic carbocycles. The molecule has 0 saturated heterocycles. The maximum absolute atomic E-state index is 2.38. The first-order chi connectivity index (χ1) is 4.84. The quantitative estimate of drug-likeness (QED) is 0.568. The Morgan fingerprint density at radius 1 is 1.50 bits per heavy atom. The molecule has 0 spiro atoms. The van der Waals surface area contributed by atoms with Gasteiger partial charge in [0.2, 0.25) is 0 Å². The standard InChI is InChI=1S/C9H17N/c1-3-10(2)9-7-5-4-6-8-9/h7H,3-6,8H2,1-2H3. The molecular weight excluding hydrogens is 122 g/mol. The van der Waals surface area contributed by atoms with Crippen molar-refractivity contribution in [1.29, 1.82) is 0 Å². The van der Waals surface area contributed by atoms with Crippen LogP contribution in [-0.2, 0) is 0 Å². The largest absolute Gasteiger partial charge is 0.378 e. The Balaban J connectivity index is 2.44. The first kappa shape index (κ1) is 7.64. The van der Waals surface area contributed by atoms with Crippen molar-refractivity contribution in [1.82, 2.24) is 4.90 Å². The second kappa shape index (κ2) is 3.65. The third-order valence-electron chi connectivity index (χ3n) is 2.23. The maximum Gasteiger partial charge on any atom is 0.0143 e. The summed E-state index contributed by atoms with van der Waals surface area (Å²) in [7, 11) is 2.18. The van der Waals surface area contributed by atoms with Crippen LogP contribution in [0.4, 0.5) is 0 Å². The van der Waals surface area contributed by atoms with Crippen LogP contribution in [0.15, 0.2) is 11.8 Å². The van der Waals surface area contributed by atoms with E-state index in [-0.39, 0.29) is 0 Å². The van der Waals surface area contributed by atoms with Crippen molar-refractivity contribution in [2.24, 2.45) is 0 Å². The van der Waals surface area contributed by atoms with Crippen LogP contribution in [0.2, 0.25) is 0 Å². The number of rotatable bonds is 2. The summed E-state index contributed by atoms with van der Waals surface area (Å²) in [4.78, 5) is 2.35. The summed E-state index contributed by atoms with van der Waals surface area (Å²) < 4.78 is 0. The second-order valence-electron chi connectivity index (χ2n) is 2.96. The van der Waals surface area contributed by atoms with Crippen LogP contribution in [0.5, 0.6) is 0 Å². The first-order valence-corrected chi connectivity index (χ1v) is 4.24. The molecule has 0 amide bonds. The van der Waals surface area contributed by atoms with Crippen molar-refractivity contribution in [3.63, 3.8) is 0 Å². The van der Waals surface area contributed by atoms with Gasteiger partial charge in [0, 0.05) is 19.3 Å². The molecule has 1 rings (SSSR count). The molecule has 1 nitrogen and oxygen atoms in total. The topological polar surface area (TPSA) is 3.24 Å². The highest BCUT2D eigenvalue weighted by Crippen LogP contribution is 2.18. The molecule has 1 heteroatoms. The van der Waals surface area contributed by atoms with Gasteiger partial charge in [0.25, 0.3) is 0 Å². The van der Waals surface area contributed by atoms with E-state index in [2.05, 4.69) is 24.9 Å². The third-order valence-corrected chi connectivity index (χ3v) is 2.23. The maximum atomic E-state index is 2.38. The summed E-state index contributed by atoms with van der Waals surface area (Å²) in [6.07, 6.45) is 7.74. The van der Waals surface area contributed by atoms with Crippen molar-refractivity contribution in [3.05, 3.63) is 11.8 Å². The zero-order chi connectivity index (χ0) is 7.40. The molecule has 1 aliphatic carbocycles. The zero-order valence-electron chi connectivity index (χ0n) is 7.06. The van der Waals surface area contributed by atoms with Crippen LogP contribution in [0, 0.1) is 0 Å². The van der Waals surface area contributed by atoms with Gasteiger partial charge < -0.3 is 4.90 Å². The molecule has 0 heterocycles. The van der Waals surface area contributed by atoms with E-state index in [1.54, 1.807) is 5.70 Å². The summed E-state index contributed by atoms with van der Waals surface area (Å²) in [5.41, 5.74) is 1.55. The van der Waals surface area contributed by atoms with Gasteiger partial charge in [-0.25, -0.2) is 0 Å². The van der Waals surface area contributed by atoms with E-state index in [9.17, 15) is 0 Å². The lowest BCUT2D eigenvalue weighted by molar-refractivity contribution is 0.406. The molecule has 0 atom stereocenters. The molecule has 0 saturated carbocycles. The lowest BCUT2D eigenvalue weighted by Crippen LogP contribution is -2.18. The molecular formula is C9H17N. The predicted molar refractivity (Wildman–Crippen MR) is 44.9 cm³/mol. The number of hydrogen-bond acceptors (Lipinski definition) is 1. The van der Waals surface area contributed by atoms with E-state index in [4.69, 9.17) is 0 Å². The van der Waals surface area contributed by atoms with Crippen LogP contribution in [0.1, 0.15) is 32.6 Å². The van der Waals surface area contributed by atoms with Crippen molar-refractivity contribution < 1.29 is 0 Å². The minimum Gasteiger partial charge on any atom is -0.378 e. The average Bonchev–Trinajstić information content (AvgIpc) is 2.05. The van der Waals surface area contributed by atoms with Gasteiger partial charge in [-0.05, 0) is 32.6 Å². The lowest BCUT2D eigenvalue weighted by atomic mass is 10.0. The first-order valence-electron chi connectivity index (χ1n) is 4.24. The number of nitrogens with zero attached hydrogens (tertiary/aromatic N) is 1. The van der Waals surface area contributed by atoms with E-state index in [0.717, 1.165) is 6.54 Å². The molecule has 0 aromatic rings. The second-order valence-corrected chi connectivity index (χ2v) is 2.96. The molecule has 58 valence electrons. The average molecular weight is 139 g/mol. The van der Waals surface area contributed by atoms with Crippen LogP contribution in [0.25, 0.3) is 0 Å². The lowest BCUT2D eigenvalue weighted by Gasteiger charge is -2.23. The Hall–Kier alpha value is -0.460. The molecule has 10 heavy (non-hydrogen) atoms. The Bertz CT molecular complexity index is 127. The Kier molecular flexibility index (Phi) is 2.79. The van der Waals surface area contributed by atoms with Crippen LogP contribution >= 0.6 is 0 Å². The highest BCUT2D eigenvalue weighted by molar-refractivity contribution is 5.02. The minimum absolute atomic E-state index is 1.14. The van der Waals surface area contributed by atoms with Crippen molar-refractivity contribution in [2.45, 2.75) is 32.6 Å². The van der Waals surface area contributed by atoms with Gasteiger partial charge in [-0.15, -0.1) is 0 Å². The number of allylic oxidation sites excluding steroid dienone is 2. The molecule has 0 fully saturated rings. The van der Waals surface area contributed by atoms with Gasteiger partial charge in [0.15, 0.2) is 0 Å². The SMILES string of the molecule is CCN(C)C1=CCCCC1. The molecule has 0 radical (unpaired) electrons. The van der Waals surface area contributed by atoms with Gasteiger partial charge >= 0.3 is 0 Å². The summed E-state index contributed by atoms with van der Waals surface area (Å²) in [6, 6.07) is 0. The number of hydrogen-bond donors (Lipinski definition) is 0.